The predicted molar refractivity (Wildman–Crippen MR) is 133 cm³/mol. The van der Waals surface area contributed by atoms with Crippen molar-refractivity contribution in [2.45, 2.75) is 45.9 Å². The van der Waals surface area contributed by atoms with Crippen molar-refractivity contribution in [3.63, 3.8) is 0 Å². The average Bonchev–Trinajstić information content (AvgIpc) is 3.39. The molecule has 8 nitrogen and oxygen atoms in total. The van der Waals surface area contributed by atoms with E-state index in [1.54, 1.807) is 17.9 Å². The summed E-state index contributed by atoms with van der Waals surface area (Å²) in [5.74, 6) is -0.387. The normalized spacial score (nSPS) is 12.1. The third-order valence-corrected chi connectivity index (χ3v) is 7.20. The predicted octanol–water partition coefficient (Wildman–Crippen LogP) is 4.76. The van der Waals surface area contributed by atoms with Gasteiger partial charge < -0.3 is 9.47 Å². The van der Waals surface area contributed by atoms with Crippen LogP contribution in [0.5, 0.6) is 0 Å². The van der Waals surface area contributed by atoms with Gasteiger partial charge in [0.1, 0.15) is 18.2 Å². The second-order valence-corrected chi connectivity index (χ2v) is 15.2. The SMILES string of the molecule is COCCn1cc(-c2cc(C)nc3c2cnn3COCC[Si](C)(C)C)c(-c2ccc(F)cn2)n1. The number of hydrogen-bond donors (Lipinski definition) is 0. The quantitative estimate of drug-likeness (QED) is 0.239. The van der Waals surface area contributed by atoms with E-state index in [2.05, 4.69) is 29.7 Å². The van der Waals surface area contributed by atoms with Crippen LogP contribution in [-0.2, 0) is 22.7 Å². The highest BCUT2D eigenvalue weighted by molar-refractivity contribution is 6.76. The Labute approximate surface area is 199 Å². The van der Waals surface area contributed by atoms with Gasteiger partial charge in [0, 0.05) is 44.6 Å². The first-order chi connectivity index (χ1) is 16.2. The van der Waals surface area contributed by atoms with Crippen molar-refractivity contribution >= 4 is 19.1 Å². The van der Waals surface area contributed by atoms with E-state index >= 15 is 0 Å². The summed E-state index contributed by atoms with van der Waals surface area (Å²) in [6, 6.07) is 6.15. The molecule has 0 amide bonds. The van der Waals surface area contributed by atoms with E-state index in [0.29, 0.717) is 37.9 Å². The van der Waals surface area contributed by atoms with Crippen LogP contribution in [0.25, 0.3) is 33.5 Å². The Hall–Kier alpha value is -2.95. The van der Waals surface area contributed by atoms with E-state index in [4.69, 9.17) is 19.6 Å². The molecule has 0 aliphatic carbocycles. The topological polar surface area (TPSA) is 79.9 Å². The van der Waals surface area contributed by atoms with Crippen LogP contribution in [0.3, 0.4) is 0 Å². The van der Waals surface area contributed by atoms with Gasteiger partial charge in [-0.1, -0.05) is 19.6 Å². The Morgan fingerprint density at radius 2 is 1.91 bits per heavy atom. The molecule has 0 fully saturated rings. The van der Waals surface area contributed by atoms with E-state index in [0.717, 1.165) is 33.9 Å². The largest absolute Gasteiger partial charge is 0.383 e. The van der Waals surface area contributed by atoms with Gasteiger partial charge >= 0.3 is 0 Å². The molecular formula is C24H31FN6O2Si. The molecule has 0 radical (unpaired) electrons. The molecule has 0 saturated heterocycles. The maximum atomic E-state index is 13.5. The zero-order valence-electron chi connectivity index (χ0n) is 20.4. The molecule has 0 bridgehead atoms. The molecule has 10 heteroatoms. The van der Waals surface area contributed by atoms with Crippen LogP contribution in [-0.4, -0.2) is 57.9 Å². The van der Waals surface area contributed by atoms with Gasteiger partial charge in [0.2, 0.25) is 0 Å². The lowest BCUT2D eigenvalue weighted by Crippen LogP contribution is -2.22. The summed E-state index contributed by atoms with van der Waals surface area (Å²) >= 11 is 0. The van der Waals surface area contributed by atoms with Crippen LogP contribution in [0.1, 0.15) is 5.69 Å². The van der Waals surface area contributed by atoms with E-state index < -0.39 is 8.07 Å². The highest BCUT2D eigenvalue weighted by atomic mass is 28.3. The molecule has 0 aromatic carbocycles. The number of hydrogen-bond acceptors (Lipinski definition) is 6. The van der Waals surface area contributed by atoms with Gasteiger partial charge in [0.25, 0.3) is 0 Å². The Morgan fingerprint density at radius 3 is 2.62 bits per heavy atom. The van der Waals surface area contributed by atoms with Crippen molar-refractivity contribution in [3.8, 4) is 22.5 Å². The third-order valence-electron chi connectivity index (χ3n) is 5.49. The first kappa shape index (κ1) is 24.2. The highest BCUT2D eigenvalue weighted by Crippen LogP contribution is 2.35. The summed E-state index contributed by atoms with van der Waals surface area (Å²) in [4.78, 5) is 9.01. The van der Waals surface area contributed by atoms with Crippen molar-refractivity contribution in [1.82, 2.24) is 29.5 Å². The molecule has 4 aromatic heterocycles. The summed E-state index contributed by atoms with van der Waals surface area (Å²) < 4.78 is 28.3. The number of pyridine rings is 2. The number of rotatable bonds is 10. The standard InChI is InChI=1S/C24H31FN6O2Si/c1-17-12-19(20-14-27-31(24(20)28-17)16-33-10-11-34(3,4)5)21-15-30(8-9-32-2)29-23(21)22-7-6-18(25)13-26-22/h6-7,12-15H,8-11,16H2,1-5H3. The van der Waals surface area contributed by atoms with Gasteiger partial charge in [0.15, 0.2) is 5.65 Å². The zero-order valence-corrected chi connectivity index (χ0v) is 21.4. The van der Waals surface area contributed by atoms with Crippen LogP contribution in [0.2, 0.25) is 25.7 Å². The van der Waals surface area contributed by atoms with Crippen LogP contribution < -0.4 is 0 Å². The van der Waals surface area contributed by atoms with Crippen molar-refractivity contribution < 1.29 is 13.9 Å². The molecule has 4 aromatic rings. The van der Waals surface area contributed by atoms with Crippen molar-refractivity contribution in [2.75, 3.05) is 20.3 Å². The Balaban J connectivity index is 1.73. The number of aryl methyl sites for hydroxylation is 1. The Bertz CT molecular complexity index is 1260. The van der Waals surface area contributed by atoms with Crippen molar-refractivity contribution in [1.29, 1.82) is 0 Å². The molecule has 0 saturated carbocycles. The second-order valence-electron chi connectivity index (χ2n) is 9.55. The molecule has 180 valence electrons. The summed E-state index contributed by atoms with van der Waals surface area (Å²) in [7, 11) is 0.493. The van der Waals surface area contributed by atoms with Gasteiger partial charge in [-0.15, -0.1) is 0 Å². The molecule has 0 aliphatic rings. The molecular weight excluding hydrogens is 451 g/mol. The maximum absolute atomic E-state index is 13.5. The van der Waals surface area contributed by atoms with Crippen LogP contribution in [0.15, 0.2) is 36.8 Å². The lowest BCUT2D eigenvalue weighted by Gasteiger charge is -2.15. The second kappa shape index (κ2) is 10.1. The zero-order chi connectivity index (χ0) is 24.3. The first-order valence-electron chi connectivity index (χ1n) is 11.3. The number of fused-ring (bicyclic) bond motifs is 1. The fraction of sp³-hybridized carbons (Fsp3) is 0.417. The van der Waals surface area contributed by atoms with Crippen LogP contribution in [0, 0.1) is 12.7 Å². The molecule has 4 rings (SSSR count). The molecule has 34 heavy (non-hydrogen) atoms. The molecule has 0 spiro atoms. The minimum absolute atomic E-state index is 0.351. The third kappa shape index (κ3) is 5.57. The first-order valence-corrected chi connectivity index (χ1v) is 15.1. The molecule has 4 heterocycles. The van der Waals surface area contributed by atoms with E-state index in [1.165, 1.54) is 12.3 Å². The molecule has 0 aliphatic heterocycles. The minimum Gasteiger partial charge on any atom is -0.383 e. The fourth-order valence-electron chi connectivity index (χ4n) is 3.64. The summed E-state index contributed by atoms with van der Waals surface area (Å²) in [5.41, 5.74) is 4.70. The van der Waals surface area contributed by atoms with E-state index in [-0.39, 0.29) is 5.82 Å². The van der Waals surface area contributed by atoms with Gasteiger partial charge in [-0.3, -0.25) is 9.67 Å². The minimum atomic E-state index is -1.16. The number of ether oxygens (including phenoxy) is 2. The average molecular weight is 483 g/mol. The van der Waals surface area contributed by atoms with Crippen molar-refractivity contribution in [2.24, 2.45) is 0 Å². The number of nitrogens with zero attached hydrogens (tertiary/aromatic N) is 6. The number of halogens is 1. The summed E-state index contributed by atoms with van der Waals surface area (Å²) in [6.45, 7) is 11.1. The van der Waals surface area contributed by atoms with Gasteiger partial charge in [-0.25, -0.2) is 14.1 Å². The van der Waals surface area contributed by atoms with Gasteiger partial charge in [-0.2, -0.15) is 10.2 Å². The van der Waals surface area contributed by atoms with Crippen LogP contribution >= 0.6 is 0 Å². The lowest BCUT2D eigenvalue weighted by molar-refractivity contribution is 0.0813. The fourth-order valence-corrected chi connectivity index (χ4v) is 4.40. The molecule has 0 atom stereocenters. The number of methoxy groups -OCH3 is 1. The number of aromatic nitrogens is 6. The molecule has 0 unspecified atom stereocenters. The Morgan fingerprint density at radius 1 is 1.09 bits per heavy atom. The van der Waals surface area contributed by atoms with Crippen molar-refractivity contribution in [3.05, 3.63) is 48.3 Å². The molecule has 0 N–H and O–H groups in total. The Kier molecular flexibility index (Phi) is 7.20. The van der Waals surface area contributed by atoms with Crippen LogP contribution in [0.4, 0.5) is 4.39 Å². The highest BCUT2D eigenvalue weighted by Gasteiger charge is 2.20. The smallest absolute Gasteiger partial charge is 0.161 e. The maximum Gasteiger partial charge on any atom is 0.161 e. The summed E-state index contributed by atoms with van der Waals surface area (Å²) in [5, 5.41) is 10.2. The lowest BCUT2D eigenvalue weighted by atomic mass is 10.0. The van der Waals surface area contributed by atoms with E-state index in [9.17, 15) is 4.39 Å². The summed E-state index contributed by atoms with van der Waals surface area (Å²) in [6.07, 6.45) is 4.99. The van der Waals surface area contributed by atoms with E-state index in [1.807, 2.05) is 30.1 Å². The monoisotopic (exact) mass is 482 g/mol. The van der Waals surface area contributed by atoms with Gasteiger partial charge in [0.05, 0.1) is 31.2 Å². The van der Waals surface area contributed by atoms with Gasteiger partial charge in [-0.05, 0) is 36.7 Å².